The fourth-order valence-corrected chi connectivity index (χ4v) is 5.20. The van der Waals surface area contributed by atoms with Crippen LogP contribution in [0, 0.1) is 0 Å². The van der Waals surface area contributed by atoms with E-state index in [9.17, 15) is 13.2 Å². The third-order valence-corrected chi connectivity index (χ3v) is 6.89. The van der Waals surface area contributed by atoms with Gasteiger partial charge in [0.15, 0.2) is 15.7 Å². The van der Waals surface area contributed by atoms with Crippen LogP contribution in [0.25, 0.3) is 11.4 Å². The minimum atomic E-state index is -3.01. The molecule has 140 valence electrons. The van der Waals surface area contributed by atoms with E-state index in [4.69, 9.17) is 4.74 Å². The molecule has 10 heteroatoms. The zero-order valence-electron chi connectivity index (χ0n) is 14.5. The normalized spacial score (nSPS) is 18.6. The maximum Gasteiger partial charge on any atom is 0.233 e. The van der Waals surface area contributed by atoms with Gasteiger partial charge in [0.1, 0.15) is 5.75 Å². The summed E-state index contributed by atoms with van der Waals surface area (Å²) in [5, 5.41) is 7.44. The molecule has 0 aliphatic carbocycles. The van der Waals surface area contributed by atoms with E-state index < -0.39 is 9.84 Å². The number of thioether (sulfide) groups is 1. The highest BCUT2D eigenvalue weighted by atomic mass is 32.2. The number of rotatable bonds is 6. The molecule has 1 atom stereocenters. The number of carbonyl (C=O) groups excluding carboxylic acids is 1. The molecular weight excluding hydrogens is 376 g/mol. The van der Waals surface area contributed by atoms with E-state index in [-0.39, 0.29) is 29.2 Å². The molecule has 0 saturated carbocycles. The number of benzene rings is 1. The van der Waals surface area contributed by atoms with E-state index in [0.717, 1.165) is 11.3 Å². The van der Waals surface area contributed by atoms with Gasteiger partial charge in [-0.2, -0.15) is 0 Å². The molecule has 2 heterocycles. The Balaban J connectivity index is 1.56. The Hall–Kier alpha value is -2.07. The van der Waals surface area contributed by atoms with Crippen molar-refractivity contribution in [2.45, 2.75) is 17.6 Å². The van der Waals surface area contributed by atoms with Gasteiger partial charge in [-0.25, -0.2) is 13.4 Å². The van der Waals surface area contributed by atoms with Crippen LogP contribution in [0.15, 0.2) is 29.4 Å². The highest BCUT2D eigenvalue weighted by molar-refractivity contribution is 7.99. The third-order valence-electron chi connectivity index (χ3n) is 4.30. The average Bonchev–Trinajstić information content (AvgIpc) is 3.25. The molecule has 0 spiro atoms. The highest BCUT2D eigenvalue weighted by Gasteiger charge is 2.32. The van der Waals surface area contributed by atoms with Gasteiger partial charge in [-0.1, -0.05) is 11.8 Å². The highest BCUT2D eigenvalue weighted by Crippen LogP contribution is 2.23. The lowest BCUT2D eigenvalue weighted by molar-refractivity contribution is -0.128. The number of nitrogens with one attached hydrogen (secondary N) is 1. The zero-order valence-corrected chi connectivity index (χ0v) is 16.1. The quantitative estimate of drug-likeness (QED) is 0.732. The lowest BCUT2D eigenvalue weighted by Gasteiger charge is -2.22. The second-order valence-corrected chi connectivity index (χ2v) is 9.22. The Morgan fingerprint density at radius 2 is 2.12 bits per heavy atom. The predicted octanol–water partition coefficient (Wildman–Crippen LogP) is 1.22. The predicted molar refractivity (Wildman–Crippen MR) is 98.9 cm³/mol. The van der Waals surface area contributed by atoms with Crippen molar-refractivity contribution in [2.75, 3.05) is 31.4 Å². The number of carbonyl (C=O) groups is 1. The first-order valence-corrected chi connectivity index (χ1v) is 10.8. The molecule has 1 fully saturated rings. The lowest BCUT2D eigenvalue weighted by atomic mass is 10.2. The Labute approximate surface area is 156 Å². The van der Waals surface area contributed by atoms with Crippen LogP contribution in [0.2, 0.25) is 0 Å². The number of sulfone groups is 1. The molecule has 1 N–H and O–H groups in total. The van der Waals surface area contributed by atoms with Gasteiger partial charge in [0, 0.05) is 18.7 Å². The van der Waals surface area contributed by atoms with Gasteiger partial charge < -0.3 is 9.64 Å². The summed E-state index contributed by atoms with van der Waals surface area (Å²) in [6, 6.07) is 7.16. The Bertz CT molecular complexity index is 880. The number of aromatic nitrogens is 3. The van der Waals surface area contributed by atoms with Crippen LogP contribution in [-0.2, 0) is 14.6 Å². The minimum Gasteiger partial charge on any atom is -0.497 e. The summed E-state index contributed by atoms with van der Waals surface area (Å²) in [5.41, 5.74) is 0.866. The van der Waals surface area contributed by atoms with Crippen LogP contribution in [0.4, 0.5) is 0 Å². The average molecular weight is 396 g/mol. The topological polar surface area (TPSA) is 105 Å². The van der Waals surface area contributed by atoms with Gasteiger partial charge in [-0.15, -0.1) is 5.10 Å². The van der Waals surface area contributed by atoms with Crippen molar-refractivity contribution in [2.24, 2.45) is 0 Å². The zero-order chi connectivity index (χ0) is 18.7. The van der Waals surface area contributed by atoms with E-state index in [1.165, 1.54) is 16.7 Å². The summed E-state index contributed by atoms with van der Waals surface area (Å²) in [4.78, 5) is 18.2. The maximum atomic E-state index is 12.3. The summed E-state index contributed by atoms with van der Waals surface area (Å²) in [7, 11) is 0.240. The van der Waals surface area contributed by atoms with Crippen LogP contribution in [0.1, 0.15) is 6.42 Å². The van der Waals surface area contributed by atoms with Crippen molar-refractivity contribution in [1.29, 1.82) is 0 Å². The van der Waals surface area contributed by atoms with Gasteiger partial charge in [0.05, 0.1) is 24.4 Å². The van der Waals surface area contributed by atoms with Gasteiger partial charge >= 0.3 is 0 Å². The molecule has 1 aromatic carbocycles. The first kappa shape index (κ1) is 18.7. The van der Waals surface area contributed by atoms with Gasteiger partial charge in [-0.05, 0) is 30.7 Å². The van der Waals surface area contributed by atoms with Crippen LogP contribution >= 0.6 is 11.8 Å². The van der Waals surface area contributed by atoms with E-state index in [0.29, 0.717) is 17.4 Å². The fraction of sp³-hybridized carbons (Fsp3) is 0.438. The smallest absolute Gasteiger partial charge is 0.233 e. The number of methoxy groups -OCH3 is 1. The molecule has 0 unspecified atom stereocenters. The summed E-state index contributed by atoms with van der Waals surface area (Å²) in [6.45, 7) is 0. The molecule has 1 saturated heterocycles. The number of hydrogen-bond acceptors (Lipinski definition) is 7. The molecule has 1 aromatic heterocycles. The standard InChI is InChI=1S/C16H20N4O4S2/c1-20(12-7-8-26(22,23)10-12)14(21)9-25-16-17-15(18-19-16)11-3-5-13(24-2)6-4-11/h3-6,12H,7-10H2,1-2H3,(H,17,18,19)/t12-/m0/s1. The molecule has 1 aliphatic heterocycles. The van der Waals surface area contributed by atoms with Crippen LogP contribution in [0.5, 0.6) is 5.75 Å². The molecule has 26 heavy (non-hydrogen) atoms. The largest absolute Gasteiger partial charge is 0.497 e. The summed E-state index contributed by atoms with van der Waals surface area (Å²) in [5.74, 6) is 1.58. The van der Waals surface area contributed by atoms with Crippen molar-refractivity contribution in [1.82, 2.24) is 20.1 Å². The fourth-order valence-electron chi connectivity index (χ4n) is 2.70. The molecule has 1 aliphatic rings. The molecule has 8 nitrogen and oxygen atoms in total. The van der Waals surface area contributed by atoms with Crippen molar-refractivity contribution in [3.63, 3.8) is 0 Å². The SMILES string of the molecule is COc1ccc(-c2nc(SCC(=O)N(C)[C@H]3CCS(=O)(=O)C3)n[nH]2)cc1. The summed E-state index contributed by atoms with van der Waals surface area (Å²) in [6.07, 6.45) is 0.498. The van der Waals surface area contributed by atoms with Crippen molar-refractivity contribution < 1.29 is 17.9 Å². The monoisotopic (exact) mass is 396 g/mol. The number of H-pyrrole nitrogens is 1. The number of aromatic amines is 1. The Kier molecular flexibility index (Phi) is 5.52. The van der Waals surface area contributed by atoms with E-state index in [1.54, 1.807) is 14.2 Å². The van der Waals surface area contributed by atoms with Gasteiger partial charge in [0.25, 0.3) is 0 Å². The maximum absolute atomic E-state index is 12.3. The number of nitrogens with zero attached hydrogens (tertiary/aromatic N) is 3. The summed E-state index contributed by atoms with van der Waals surface area (Å²) >= 11 is 1.22. The van der Waals surface area contributed by atoms with Crippen molar-refractivity contribution in [3.8, 4) is 17.1 Å². The Morgan fingerprint density at radius 1 is 1.38 bits per heavy atom. The molecule has 0 bridgehead atoms. The van der Waals surface area contributed by atoms with Crippen LogP contribution in [-0.4, -0.2) is 71.9 Å². The molecular formula is C16H20N4O4S2. The Morgan fingerprint density at radius 3 is 2.73 bits per heavy atom. The second kappa shape index (κ2) is 7.67. The number of ether oxygens (including phenoxy) is 1. The molecule has 1 amide bonds. The van der Waals surface area contributed by atoms with E-state index in [2.05, 4.69) is 15.2 Å². The lowest BCUT2D eigenvalue weighted by Crippen LogP contribution is -2.38. The second-order valence-electron chi connectivity index (χ2n) is 6.05. The number of amides is 1. The van der Waals surface area contributed by atoms with Crippen molar-refractivity contribution in [3.05, 3.63) is 24.3 Å². The molecule has 2 aromatic rings. The third kappa shape index (κ3) is 4.36. The van der Waals surface area contributed by atoms with Gasteiger partial charge in [-0.3, -0.25) is 9.89 Å². The van der Waals surface area contributed by atoms with E-state index in [1.807, 2.05) is 24.3 Å². The van der Waals surface area contributed by atoms with Crippen LogP contribution in [0.3, 0.4) is 0 Å². The van der Waals surface area contributed by atoms with Crippen LogP contribution < -0.4 is 4.74 Å². The van der Waals surface area contributed by atoms with Gasteiger partial charge in [0.2, 0.25) is 11.1 Å². The molecule has 3 rings (SSSR count). The van der Waals surface area contributed by atoms with Crippen molar-refractivity contribution >= 4 is 27.5 Å². The molecule has 0 radical (unpaired) electrons. The first-order valence-electron chi connectivity index (χ1n) is 8.03. The number of hydrogen-bond donors (Lipinski definition) is 1. The summed E-state index contributed by atoms with van der Waals surface area (Å²) < 4.78 is 28.2. The minimum absolute atomic E-state index is 0.0438. The van der Waals surface area contributed by atoms with E-state index >= 15 is 0 Å². The first-order chi connectivity index (χ1) is 12.4.